The smallest absolute Gasteiger partial charge is 0.194 e. The lowest BCUT2D eigenvalue weighted by Gasteiger charge is -2.37. The molecule has 0 saturated carbocycles. The highest BCUT2D eigenvalue weighted by Crippen LogP contribution is 2.23. The van der Waals surface area contributed by atoms with Gasteiger partial charge in [-0.1, -0.05) is 30.7 Å². The molecule has 1 aromatic rings. The van der Waals surface area contributed by atoms with E-state index in [2.05, 4.69) is 53.2 Å². The van der Waals surface area contributed by atoms with Gasteiger partial charge < -0.3 is 19.7 Å². The first-order valence-corrected chi connectivity index (χ1v) is 12.3. The van der Waals surface area contributed by atoms with E-state index in [-0.39, 0.29) is 36.2 Å². The van der Waals surface area contributed by atoms with Crippen molar-refractivity contribution in [3.05, 3.63) is 35.4 Å². The predicted molar refractivity (Wildman–Crippen MR) is 141 cm³/mol. The molecule has 0 amide bonds. The molecule has 7 heteroatoms. The summed E-state index contributed by atoms with van der Waals surface area (Å²) >= 11 is 0. The fourth-order valence-electron chi connectivity index (χ4n) is 5.05. The van der Waals surface area contributed by atoms with E-state index in [1.165, 1.54) is 36.9 Å². The molecule has 3 saturated heterocycles. The Morgan fingerprint density at radius 1 is 1.03 bits per heavy atom. The van der Waals surface area contributed by atoms with Gasteiger partial charge in [0.15, 0.2) is 5.96 Å². The summed E-state index contributed by atoms with van der Waals surface area (Å²) in [6.07, 6.45) is 6.62. The Bertz CT molecular complexity index is 726. The molecule has 3 atom stereocenters. The zero-order chi connectivity index (χ0) is 21.5. The molecule has 0 bridgehead atoms. The number of likely N-dealkylation sites (tertiary alicyclic amines) is 1. The van der Waals surface area contributed by atoms with Crippen LogP contribution in [0.1, 0.15) is 57.1 Å². The summed E-state index contributed by atoms with van der Waals surface area (Å²) in [6.45, 7) is 11.7. The van der Waals surface area contributed by atoms with Gasteiger partial charge in [-0.25, -0.2) is 4.99 Å². The lowest BCUT2D eigenvalue weighted by atomic mass is 10.0. The Balaban J connectivity index is 0.00000289. The minimum absolute atomic E-state index is 0. The summed E-state index contributed by atoms with van der Waals surface area (Å²) in [6, 6.07) is 9.50. The molecular formula is C25H41IN4O2. The SMILES string of the molecule is CCNC(=NCc1ccccc1CN1CCCCC1C)N1CCOC(C2CCCO2)C1.I. The molecule has 3 aliphatic heterocycles. The molecule has 4 rings (SSSR count). The maximum absolute atomic E-state index is 6.04. The largest absolute Gasteiger partial charge is 0.375 e. The van der Waals surface area contributed by atoms with E-state index in [4.69, 9.17) is 14.5 Å². The molecule has 3 aliphatic rings. The van der Waals surface area contributed by atoms with Crippen molar-refractivity contribution in [1.82, 2.24) is 15.1 Å². The third-order valence-corrected chi connectivity index (χ3v) is 6.94. The van der Waals surface area contributed by atoms with Crippen molar-refractivity contribution in [3.63, 3.8) is 0 Å². The molecule has 3 unspecified atom stereocenters. The maximum atomic E-state index is 6.04. The predicted octanol–water partition coefficient (Wildman–Crippen LogP) is 4.02. The van der Waals surface area contributed by atoms with E-state index in [0.29, 0.717) is 12.6 Å². The number of nitrogens with one attached hydrogen (secondary N) is 1. The molecule has 0 spiro atoms. The van der Waals surface area contributed by atoms with E-state index in [1.807, 2.05) is 0 Å². The van der Waals surface area contributed by atoms with Crippen molar-refractivity contribution in [2.24, 2.45) is 4.99 Å². The van der Waals surface area contributed by atoms with E-state index in [1.54, 1.807) is 0 Å². The van der Waals surface area contributed by atoms with Crippen molar-refractivity contribution in [1.29, 1.82) is 0 Å². The van der Waals surface area contributed by atoms with Gasteiger partial charge in [0.1, 0.15) is 6.10 Å². The van der Waals surface area contributed by atoms with Crippen LogP contribution in [0, 0.1) is 0 Å². The molecule has 0 aliphatic carbocycles. The quantitative estimate of drug-likeness (QED) is 0.326. The van der Waals surface area contributed by atoms with Crippen LogP contribution in [0.3, 0.4) is 0 Å². The number of halogens is 1. The number of aliphatic imine (C=N–C) groups is 1. The van der Waals surface area contributed by atoms with Crippen LogP contribution in [-0.2, 0) is 22.6 Å². The van der Waals surface area contributed by atoms with Crippen molar-refractivity contribution in [2.75, 3.05) is 39.4 Å². The summed E-state index contributed by atoms with van der Waals surface area (Å²) < 4.78 is 11.9. The molecule has 0 radical (unpaired) electrons. The van der Waals surface area contributed by atoms with E-state index in [9.17, 15) is 0 Å². The summed E-state index contributed by atoms with van der Waals surface area (Å²) in [7, 11) is 0. The maximum Gasteiger partial charge on any atom is 0.194 e. The molecule has 0 aromatic heterocycles. The van der Waals surface area contributed by atoms with Crippen molar-refractivity contribution in [2.45, 2.75) is 77.3 Å². The summed E-state index contributed by atoms with van der Waals surface area (Å²) in [5.74, 6) is 0.995. The lowest BCUT2D eigenvalue weighted by molar-refractivity contribution is -0.0817. The van der Waals surface area contributed by atoms with E-state index < -0.39 is 0 Å². The zero-order valence-electron chi connectivity index (χ0n) is 19.8. The van der Waals surface area contributed by atoms with Crippen molar-refractivity contribution < 1.29 is 9.47 Å². The van der Waals surface area contributed by atoms with Gasteiger partial charge in [-0.3, -0.25) is 4.90 Å². The van der Waals surface area contributed by atoms with Crippen LogP contribution in [0.5, 0.6) is 0 Å². The molecule has 6 nitrogen and oxygen atoms in total. The number of morpholine rings is 1. The number of ether oxygens (including phenoxy) is 2. The van der Waals surface area contributed by atoms with Gasteiger partial charge in [-0.05, 0) is 57.2 Å². The van der Waals surface area contributed by atoms with Crippen LogP contribution < -0.4 is 5.32 Å². The van der Waals surface area contributed by atoms with Gasteiger partial charge >= 0.3 is 0 Å². The normalized spacial score (nSPS) is 27.2. The third kappa shape index (κ3) is 6.81. The molecule has 32 heavy (non-hydrogen) atoms. The highest BCUT2D eigenvalue weighted by atomic mass is 127. The van der Waals surface area contributed by atoms with Gasteiger partial charge in [-0.2, -0.15) is 0 Å². The van der Waals surface area contributed by atoms with Crippen LogP contribution in [0.2, 0.25) is 0 Å². The average molecular weight is 557 g/mol. The first kappa shape index (κ1) is 25.7. The second kappa shape index (κ2) is 13.1. The van der Waals surface area contributed by atoms with E-state index >= 15 is 0 Å². The molecule has 1 aromatic carbocycles. The zero-order valence-corrected chi connectivity index (χ0v) is 22.1. The van der Waals surface area contributed by atoms with Crippen LogP contribution in [0.4, 0.5) is 0 Å². The summed E-state index contributed by atoms with van der Waals surface area (Å²) in [5, 5.41) is 3.51. The minimum Gasteiger partial charge on any atom is -0.375 e. The monoisotopic (exact) mass is 556 g/mol. The molecule has 3 heterocycles. The standard InChI is InChI=1S/C25H40N4O2.HI/c1-3-26-25(29-14-16-31-24(19-29)23-12-8-15-30-23)27-17-21-10-4-5-11-22(21)18-28-13-7-6-9-20(28)2;/h4-5,10-11,20,23-24H,3,6-9,12-19H2,1-2H3,(H,26,27);1H. The summed E-state index contributed by atoms with van der Waals surface area (Å²) in [5.41, 5.74) is 2.75. The van der Waals surface area contributed by atoms with Gasteiger partial charge in [0, 0.05) is 38.8 Å². The average Bonchev–Trinajstić information content (AvgIpc) is 3.34. The molecule has 1 N–H and O–H groups in total. The molecule has 180 valence electrons. The third-order valence-electron chi connectivity index (χ3n) is 6.94. The fourth-order valence-corrected chi connectivity index (χ4v) is 5.05. The Morgan fingerprint density at radius 2 is 1.84 bits per heavy atom. The van der Waals surface area contributed by atoms with Crippen LogP contribution in [0.25, 0.3) is 0 Å². The first-order chi connectivity index (χ1) is 15.2. The Morgan fingerprint density at radius 3 is 2.59 bits per heavy atom. The number of benzene rings is 1. The fraction of sp³-hybridized carbons (Fsp3) is 0.720. The van der Waals surface area contributed by atoms with Crippen LogP contribution in [0.15, 0.2) is 29.3 Å². The Hall–Kier alpha value is -0.900. The topological polar surface area (TPSA) is 49.3 Å². The van der Waals surface area contributed by atoms with Gasteiger partial charge in [0.25, 0.3) is 0 Å². The highest BCUT2D eigenvalue weighted by Gasteiger charge is 2.32. The number of piperidine rings is 1. The Kier molecular flexibility index (Phi) is 10.5. The molecular weight excluding hydrogens is 515 g/mol. The minimum atomic E-state index is 0. The number of hydrogen-bond acceptors (Lipinski definition) is 4. The highest BCUT2D eigenvalue weighted by molar-refractivity contribution is 14.0. The van der Waals surface area contributed by atoms with Gasteiger partial charge in [-0.15, -0.1) is 24.0 Å². The molecule has 3 fully saturated rings. The number of rotatable bonds is 6. The van der Waals surface area contributed by atoms with Crippen molar-refractivity contribution >= 4 is 29.9 Å². The van der Waals surface area contributed by atoms with Gasteiger partial charge in [0.2, 0.25) is 0 Å². The first-order valence-electron chi connectivity index (χ1n) is 12.3. The van der Waals surface area contributed by atoms with Crippen LogP contribution in [-0.4, -0.2) is 73.4 Å². The Labute approximate surface area is 211 Å². The number of guanidine groups is 1. The lowest BCUT2D eigenvalue weighted by Crippen LogP contribution is -2.53. The second-order valence-electron chi connectivity index (χ2n) is 9.16. The summed E-state index contributed by atoms with van der Waals surface area (Å²) in [4.78, 5) is 10.0. The van der Waals surface area contributed by atoms with Crippen LogP contribution >= 0.6 is 24.0 Å². The van der Waals surface area contributed by atoms with E-state index in [0.717, 1.165) is 58.2 Å². The number of nitrogens with zero attached hydrogens (tertiary/aromatic N) is 3. The second-order valence-corrected chi connectivity index (χ2v) is 9.16. The van der Waals surface area contributed by atoms with Crippen molar-refractivity contribution in [3.8, 4) is 0 Å². The number of hydrogen-bond donors (Lipinski definition) is 1. The van der Waals surface area contributed by atoms with Gasteiger partial charge in [0.05, 0.1) is 19.3 Å².